The van der Waals surface area contributed by atoms with E-state index in [-0.39, 0.29) is 11.5 Å². The van der Waals surface area contributed by atoms with E-state index in [2.05, 4.69) is 37.2 Å². The number of halogens is 2. The fourth-order valence-corrected chi connectivity index (χ4v) is 3.81. The number of amides is 1. The third-order valence-corrected chi connectivity index (χ3v) is 4.79. The number of fused-ring (bicyclic) bond motifs is 1. The van der Waals surface area contributed by atoms with Gasteiger partial charge < -0.3 is 10.1 Å². The van der Waals surface area contributed by atoms with Crippen LogP contribution in [0.1, 0.15) is 20.7 Å². The molecule has 0 aliphatic heterocycles. The highest BCUT2D eigenvalue weighted by Gasteiger charge is 2.19. The van der Waals surface area contributed by atoms with E-state index in [0.717, 1.165) is 10.8 Å². The lowest BCUT2D eigenvalue weighted by atomic mass is 10.1. The van der Waals surface area contributed by atoms with Crippen molar-refractivity contribution in [2.45, 2.75) is 0 Å². The Kier molecular flexibility index (Phi) is 5.20. The molecule has 1 N–H and O–H groups in total. The van der Waals surface area contributed by atoms with Crippen LogP contribution in [-0.2, 0) is 4.74 Å². The molecular weight excluding hydrogens is 450 g/mol. The van der Waals surface area contributed by atoms with Gasteiger partial charge in [-0.05, 0) is 51.0 Å². The number of hydrogen-bond acceptors (Lipinski definition) is 3. The minimum absolute atomic E-state index is 0.262. The van der Waals surface area contributed by atoms with Crippen LogP contribution in [0.2, 0.25) is 0 Å². The van der Waals surface area contributed by atoms with Crippen LogP contribution >= 0.6 is 31.9 Å². The molecule has 0 heterocycles. The van der Waals surface area contributed by atoms with Gasteiger partial charge in [-0.2, -0.15) is 0 Å². The van der Waals surface area contributed by atoms with Crippen molar-refractivity contribution in [2.75, 3.05) is 12.4 Å². The molecule has 25 heavy (non-hydrogen) atoms. The molecule has 3 aromatic carbocycles. The summed E-state index contributed by atoms with van der Waals surface area (Å²) in [6.07, 6.45) is 0. The zero-order valence-electron chi connectivity index (χ0n) is 13.2. The van der Waals surface area contributed by atoms with Crippen LogP contribution in [0, 0.1) is 0 Å². The largest absolute Gasteiger partial charge is 0.465 e. The molecule has 0 unspecified atom stereocenters. The molecule has 1 amide bonds. The maximum atomic E-state index is 12.7. The van der Waals surface area contributed by atoms with Crippen LogP contribution in [0.4, 0.5) is 5.69 Å². The van der Waals surface area contributed by atoms with Gasteiger partial charge in [0.15, 0.2) is 0 Å². The van der Waals surface area contributed by atoms with Crippen molar-refractivity contribution in [1.29, 1.82) is 0 Å². The van der Waals surface area contributed by atoms with Gasteiger partial charge in [-0.25, -0.2) is 4.79 Å². The Balaban J connectivity index is 1.98. The van der Waals surface area contributed by atoms with Crippen LogP contribution in [-0.4, -0.2) is 19.0 Å². The Bertz CT molecular complexity index is 986. The Labute approximate surface area is 161 Å². The summed E-state index contributed by atoms with van der Waals surface area (Å²) in [4.78, 5) is 24.7. The van der Waals surface area contributed by atoms with Gasteiger partial charge in [-0.1, -0.05) is 46.3 Å². The molecule has 0 aromatic heterocycles. The van der Waals surface area contributed by atoms with Crippen molar-refractivity contribution in [1.82, 2.24) is 0 Å². The molecule has 3 aromatic rings. The average Bonchev–Trinajstić information content (AvgIpc) is 2.62. The van der Waals surface area contributed by atoms with Gasteiger partial charge in [0.25, 0.3) is 5.91 Å². The molecular formula is C19H13Br2NO3. The first-order chi connectivity index (χ1) is 12.0. The number of carbonyl (C=O) groups is 2. The Morgan fingerprint density at radius 3 is 2.40 bits per heavy atom. The highest BCUT2D eigenvalue weighted by molar-refractivity contribution is 9.11. The highest BCUT2D eigenvalue weighted by Crippen LogP contribution is 2.32. The highest BCUT2D eigenvalue weighted by atomic mass is 79.9. The maximum Gasteiger partial charge on any atom is 0.340 e. The van der Waals surface area contributed by atoms with Crippen LogP contribution in [0.5, 0.6) is 0 Å². The van der Waals surface area contributed by atoms with E-state index in [1.54, 1.807) is 18.2 Å². The van der Waals surface area contributed by atoms with Crippen LogP contribution in [0.3, 0.4) is 0 Å². The van der Waals surface area contributed by atoms with Gasteiger partial charge in [0.1, 0.15) is 0 Å². The third-order valence-electron chi connectivity index (χ3n) is 3.71. The van der Waals surface area contributed by atoms with Crippen molar-refractivity contribution < 1.29 is 14.3 Å². The normalized spacial score (nSPS) is 10.5. The molecule has 0 bridgehead atoms. The molecule has 0 fully saturated rings. The molecule has 0 saturated carbocycles. The number of rotatable bonds is 3. The zero-order valence-corrected chi connectivity index (χ0v) is 16.3. The summed E-state index contributed by atoms with van der Waals surface area (Å²) in [6.45, 7) is 0. The fourth-order valence-electron chi connectivity index (χ4n) is 2.49. The van der Waals surface area contributed by atoms with E-state index in [4.69, 9.17) is 4.74 Å². The lowest BCUT2D eigenvalue weighted by molar-refractivity contribution is 0.0602. The van der Waals surface area contributed by atoms with Crippen molar-refractivity contribution >= 4 is 60.2 Å². The Morgan fingerprint density at radius 1 is 0.960 bits per heavy atom. The van der Waals surface area contributed by atoms with E-state index in [9.17, 15) is 9.59 Å². The number of methoxy groups -OCH3 is 1. The van der Waals surface area contributed by atoms with E-state index < -0.39 is 5.97 Å². The number of ether oxygens (including phenoxy) is 1. The molecule has 4 nitrogen and oxygen atoms in total. The Hall–Kier alpha value is -2.18. The van der Waals surface area contributed by atoms with Gasteiger partial charge >= 0.3 is 5.97 Å². The monoisotopic (exact) mass is 461 g/mol. The summed E-state index contributed by atoms with van der Waals surface area (Å²) >= 11 is 6.72. The SMILES string of the molecule is COC(=O)c1cc(Br)cc(Br)c1NC(=O)c1ccc2ccccc2c1. The van der Waals surface area contributed by atoms with Crippen LogP contribution in [0.15, 0.2) is 63.5 Å². The van der Waals surface area contributed by atoms with E-state index >= 15 is 0 Å². The van der Waals surface area contributed by atoms with Gasteiger partial charge in [-0.3, -0.25) is 4.79 Å². The minimum atomic E-state index is -0.532. The number of hydrogen-bond donors (Lipinski definition) is 1. The number of esters is 1. The topological polar surface area (TPSA) is 55.4 Å². The number of benzene rings is 3. The Morgan fingerprint density at radius 2 is 1.68 bits per heavy atom. The van der Waals surface area contributed by atoms with Gasteiger partial charge in [0.2, 0.25) is 0 Å². The summed E-state index contributed by atoms with van der Waals surface area (Å²) in [6, 6.07) is 16.6. The predicted molar refractivity (Wildman–Crippen MR) is 105 cm³/mol. The van der Waals surface area contributed by atoms with Crippen molar-refractivity contribution in [3.8, 4) is 0 Å². The molecule has 0 aliphatic carbocycles. The first-order valence-corrected chi connectivity index (χ1v) is 8.95. The maximum absolute atomic E-state index is 12.7. The number of anilines is 1. The molecule has 0 atom stereocenters. The predicted octanol–water partition coefficient (Wildman–Crippen LogP) is 5.40. The molecule has 0 spiro atoms. The summed E-state index contributed by atoms with van der Waals surface area (Å²) in [7, 11) is 1.30. The van der Waals surface area contributed by atoms with E-state index in [0.29, 0.717) is 20.2 Å². The van der Waals surface area contributed by atoms with Gasteiger partial charge in [0, 0.05) is 14.5 Å². The van der Waals surface area contributed by atoms with Crippen molar-refractivity contribution in [2.24, 2.45) is 0 Å². The zero-order chi connectivity index (χ0) is 18.0. The van der Waals surface area contributed by atoms with Crippen LogP contribution in [0.25, 0.3) is 10.8 Å². The van der Waals surface area contributed by atoms with Gasteiger partial charge in [-0.15, -0.1) is 0 Å². The molecule has 0 aliphatic rings. The average molecular weight is 463 g/mol. The standard InChI is InChI=1S/C19H13Br2NO3/c1-25-19(24)15-9-14(20)10-16(21)17(15)22-18(23)13-7-6-11-4-2-3-5-12(11)8-13/h2-10H,1H3,(H,22,23). The van der Waals surface area contributed by atoms with Gasteiger partial charge in [0.05, 0.1) is 18.4 Å². The molecule has 6 heteroatoms. The van der Waals surface area contributed by atoms with Crippen LogP contribution < -0.4 is 5.32 Å². The smallest absolute Gasteiger partial charge is 0.340 e. The van der Waals surface area contributed by atoms with E-state index in [1.807, 2.05) is 36.4 Å². The number of nitrogens with one attached hydrogen (secondary N) is 1. The lowest BCUT2D eigenvalue weighted by Gasteiger charge is -2.13. The third kappa shape index (κ3) is 3.75. The summed E-state index contributed by atoms with van der Waals surface area (Å²) in [5, 5.41) is 4.82. The molecule has 0 radical (unpaired) electrons. The van der Waals surface area contributed by atoms with Crippen molar-refractivity contribution in [3.63, 3.8) is 0 Å². The summed E-state index contributed by atoms with van der Waals surface area (Å²) in [5.41, 5.74) is 1.13. The summed E-state index contributed by atoms with van der Waals surface area (Å²) < 4.78 is 6.08. The molecule has 0 saturated heterocycles. The van der Waals surface area contributed by atoms with Crippen molar-refractivity contribution in [3.05, 3.63) is 74.7 Å². The second-order valence-corrected chi connectivity index (χ2v) is 7.09. The number of carbonyl (C=O) groups excluding carboxylic acids is 2. The quantitative estimate of drug-likeness (QED) is 0.530. The molecule has 126 valence electrons. The van der Waals surface area contributed by atoms with E-state index in [1.165, 1.54) is 7.11 Å². The first kappa shape index (κ1) is 17.6. The fraction of sp³-hybridized carbons (Fsp3) is 0.0526. The second-order valence-electron chi connectivity index (χ2n) is 5.32. The first-order valence-electron chi connectivity index (χ1n) is 7.37. The lowest BCUT2D eigenvalue weighted by Crippen LogP contribution is -2.16. The summed E-state index contributed by atoms with van der Waals surface area (Å²) in [5.74, 6) is -0.838. The second kappa shape index (κ2) is 7.37. The molecule has 3 rings (SSSR count). The minimum Gasteiger partial charge on any atom is -0.465 e.